The topological polar surface area (TPSA) is 116 Å². The van der Waals surface area contributed by atoms with E-state index in [1.54, 1.807) is 30.3 Å². The molecule has 40 heavy (non-hydrogen) atoms. The van der Waals surface area contributed by atoms with Gasteiger partial charge < -0.3 is 10.5 Å². The van der Waals surface area contributed by atoms with Crippen LogP contribution in [-0.2, 0) is 9.53 Å². The Balaban J connectivity index is 1.43. The van der Waals surface area contributed by atoms with E-state index in [1.807, 2.05) is 0 Å². The molecule has 0 saturated heterocycles. The number of guanidine groups is 1. The van der Waals surface area contributed by atoms with Gasteiger partial charge in [0.25, 0.3) is 12.3 Å². The maximum atomic E-state index is 13.6. The Morgan fingerprint density at radius 2 is 1.82 bits per heavy atom. The van der Waals surface area contributed by atoms with Gasteiger partial charge in [-0.2, -0.15) is 19.0 Å². The maximum absolute atomic E-state index is 13.6. The smallest absolute Gasteiger partial charge is 0.333 e. The van der Waals surface area contributed by atoms with E-state index in [-0.39, 0.29) is 23.3 Å². The first kappa shape index (κ1) is 27.3. The number of hydrogen-bond acceptors (Lipinski definition) is 7. The van der Waals surface area contributed by atoms with E-state index >= 15 is 0 Å². The van der Waals surface area contributed by atoms with E-state index in [9.17, 15) is 22.4 Å². The number of nitrogens with zero attached hydrogens (tertiary/aromatic N) is 7. The Morgan fingerprint density at radius 1 is 1.07 bits per heavy atom. The van der Waals surface area contributed by atoms with Gasteiger partial charge in [-0.15, -0.1) is 0 Å². The Bertz CT molecular complexity index is 1560. The van der Waals surface area contributed by atoms with Crippen molar-refractivity contribution in [2.75, 3.05) is 13.7 Å². The zero-order valence-electron chi connectivity index (χ0n) is 20.7. The van der Waals surface area contributed by atoms with Crippen molar-refractivity contribution >= 4 is 23.5 Å². The number of carbonyl (C=O) groups excluding carboxylic acids is 1. The van der Waals surface area contributed by atoms with Gasteiger partial charge in [0.1, 0.15) is 6.33 Å². The zero-order valence-corrected chi connectivity index (χ0v) is 21.5. The van der Waals surface area contributed by atoms with E-state index in [0.29, 0.717) is 26.9 Å². The summed E-state index contributed by atoms with van der Waals surface area (Å²) in [6.07, 6.45) is 0.635. The largest absolute Gasteiger partial charge is 0.382 e. The van der Waals surface area contributed by atoms with Gasteiger partial charge in [-0.3, -0.25) is 9.69 Å². The molecule has 4 aromatic rings. The van der Waals surface area contributed by atoms with Gasteiger partial charge in [-0.25, -0.2) is 28.1 Å². The van der Waals surface area contributed by atoms with Crippen molar-refractivity contribution < 1.29 is 27.1 Å². The van der Waals surface area contributed by atoms with Crippen LogP contribution in [0.2, 0.25) is 5.02 Å². The quantitative estimate of drug-likeness (QED) is 0.289. The Labute approximate surface area is 229 Å². The molecule has 0 radical (unpaired) electrons. The Kier molecular flexibility index (Phi) is 7.54. The van der Waals surface area contributed by atoms with Crippen molar-refractivity contribution in [3.05, 3.63) is 83.2 Å². The standard InChI is InChI=1S/C25H21ClF4N8O2/c1-40-11-19(15-6-7-17(26)18(8-15)38-22(21(27)28)32-12-34-38)37-23(39)20(35-25(37)31)14-4-2-13(3-5-14)16-9-33-36(10-16)24(29)30/h2-10,12,19-21,24H,11H2,1H3,(H2,31,35). The number of rotatable bonds is 9. The van der Waals surface area contributed by atoms with Gasteiger partial charge in [0.2, 0.25) is 0 Å². The summed E-state index contributed by atoms with van der Waals surface area (Å²) in [6, 6.07) is 9.52. The fourth-order valence-electron chi connectivity index (χ4n) is 4.44. The average Bonchev–Trinajstić information content (AvgIpc) is 3.68. The van der Waals surface area contributed by atoms with Crippen LogP contribution in [0.25, 0.3) is 16.8 Å². The van der Waals surface area contributed by atoms with Crippen LogP contribution in [0.1, 0.15) is 42.0 Å². The third-order valence-corrected chi connectivity index (χ3v) is 6.65. The van der Waals surface area contributed by atoms with E-state index in [2.05, 4.69) is 20.2 Å². The highest BCUT2D eigenvalue weighted by atomic mass is 35.5. The maximum Gasteiger partial charge on any atom is 0.333 e. The Hall–Kier alpha value is -4.30. The lowest BCUT2D eigenvalue weighted by atomic mass is 10.0. The minimum absolute atomic E-state index is 0.00186. The van der Waals surface area contributed by atoms with E-state index < -0.39 is 36.8 Å². The zero-order chi connectivity index (χ0) is 28.6. The number of hydrogen-bond donors (Lipinski definition) is 1. The number of amides is 1. The van der Waals surface area contributed by atoms with Crippen LogP contribution in [0.3, 0.4) is 0 Å². The van der Waals surface area contributed by atoms with Gasteiger partial charge >= 0.3 is 6.55 Å². The molecule has 2 aromatic heterocycles. The molecule has 2 atom stereocenters. The van der Waals surface area contributed by atoms with Gasteiger partial charge in [0.15, 0.2) is 17.8 Å². The SMILES string of the molecule is COCC(c1ccc(Cl)c(-n2ncnc2C(F)F)c1)N1C(=O)C(c2ccc(-c3cnn(C(F)F)c3)cc2)N=C1N. The third kappa shape index (κ3) is 5.02. The van der Waals surface area contributed by atoms with E-state index in [4.69, 9.17) is 22.1 Å². The minimum Gasteiger partial charge on any atom is -0.382 e. The molecular formula is C25H21ClF4N8O2. The minimum atomic E-state index is -2.90. The summed E-state index contributed by atoms with van der Waals surface area (Å²) >= 11 is 6.30. The highest BCUT2D eigenvalue weighted by Crippen LogP contribution is 2.35. The molecule has 2 aromatic carbocycles. The predicted molar refractivity (Wildman–Crippen MR) is 136 cm³/mol. The summed E-state index contributed by atoms with van der Waals surface area (Å²) in [6.45, 7) is -2.76. The molecule has 0 aliphatic carbocycles. The summed E-state index contributed by atoms with van der Waals surface area (Å²) in [7, 11) is 1.44. The van der Waals surface area contributed by atoms with Crippen molar-refractivity contribution in [2.45, 2.75) is 25.1 Å². The van der Waals surface area contributed by atoms with Crippen molar-refractivity contribution in [3.8, 4) is 16.8 Å². The number of ether oxygens (including phenoxy) is 1. The molecule has 208 valence electrons. The number of aromatic nitrogens is 5. The summed E-state index contributed by atoms with van der Waals surface area (Å²) in [5.74, 6) is -1.10. The second kappa shape index (κ2) is 11.1. The van der Waals surface area contributed by atoms with Crippen LogP contribution in [0.5, 0.6) is 0 Å². The number of methoxy groups -OCH3 is 1. The Morgan fingerprint density at radius 3 is 2.48 bits per heavy atom. The van der Waals surface area contributed by atoms with Crippen molar-refractivity contribution in [3.63, 3.8) is 0 Å². The molecule has 5 rings (SSSR count). The molecule has 1 amide bonds. The summed E-state index contributed by atoms with van der Waals surface area (Å²) in [5.41, 5.74) is 8.46. The van der Waals surface area contributed by atoms with Crippen LogP contribution < -0.4 is 5.73 Å². The summed E-state index contributed by atoms with van der Waals surface area (Å²) in [4.78, 5) is 22.8. The molecule has 3 heterocycles. The molecule has 15 heteroatoms. The van der Waals surface area contributed by atoms with Crippen LogP contribution in [-0.4, -0.2) is 55.0 Å². The first-order chi connectivity index (χ1) is 19.2. The van der Waals surface area contributed by atoms with Gasteiger partial charge in [-0.05, 0) is 28.8 Å². The number of alkyl halides is 4. The molecule has 2 unspecified atom stereocenters. The highest BCUT2D eigenvalue weighted by Gasteiger charge is 2.39. The first-order valence-corrected chi connectivity index (χ1v) is 12.1. The highest BCUT2D eigenvalue weighted by molar-refractivity contribution is 6.32. The fraction of sp³-hybridized carbons (Fsp3) is 0.240. The van der Waals surface area contributed by atoms with Gasteiger partial charge in [0, 0.05) is 18.9 Å². The lowest BCUT2D eigenvalue weighted by Gasteiger charge is -2.28. The second-order valence-electron chi connectivity index (χ2n) is 8.72. The lowest BCUT2D eigenvalue weighted by molar-refractivity contribution is -0.130. The van der Waals surface area contributed by atoms with Crippen LogP contribution >= 0.6 is 11.6 Å². The van der Waals surface area contributed by atoms with Crippen molar-refractivity contribution in [1.82, 2.24) is 29.4 Å². The number of benzene rings is 2. The molecule has 1 aliphatic heterocycles. The van der Waals surface area contributed by atoms with Crippen LogP contribution in [0.4, 0.5) is 17.6 Å². The first-order valence-electron chi connectivity index (χ1n) is 11.8. The van der Waals surface area contributed by atoms with Crippen molar-refractivity contribution in [1.29, 1.82) is 0 Å². The third-order valence-electron chi connectivity index (χ3n) is 6.33. The van der Waals surface area contributed by atoms with Crippen LogP contribution in [0, 0.1) is 0 Å². The molecule has 10 nitrogen and oxygen atoms in total. The summed E-state index contributed by atoms with van der Waals surface area (Å²) < 4.78 is 59.5. The van der Waals surface area contributed by atoms with E-state index in [0.717, 1.165) is 11.0 Å². The number of nitrogens with two attached hydrogens (primary N) is 1. The molecule has 0 spiro atoms. The van der Waals surface area contributed by atoms with Gasteiger partial charge in [0.05, 0.1) is 29.6 Å². The van der Waals surface area contributed by atoms with E-state index in [1.165, 1.54) is 36.5 Å². The number of halogens is 5. The predicted octanol–water partition coefficient (Wildman–Crippen LogP) is 4.70. The fourth-order valence-corrected chi connectivity index (χ4v) is 4.64. The van der Waals surface area contributed by atoms with Gasteiger partial charge in [-0.1, -0.05) is 41.9 Å². The molecule has 0 saturated carbocycles. The molecule has 2 N–H and O–H groups in total. The van der Waals surface area contributed by atoms with Crippen molar-refractivity contribution in [2.24, 2.45) is 10.7 Å². The molecular weight excluding hydrogens is 556 g/mol. The second-order valence-corrected chi connectivity index (χ2v) is 9.13. The summed E-state index contributed by atoms with van der Waals surface area (Å²) in [5, 5.41) is 7.64. The lowest BCUT2D eigenvalue weighted by Crippen LogP contribution is -2.42. The monoisotopic (exact) mass is 576 g/mol. The molecule has 0 bridgehead atoms. The molecule has 1 aliphatic rings. The molecule has 0 fully saturated rings. The van der Waals surface area contributed by atoms with Crippen LogP contribution in [0.15, 0.2) is 66.2 Å². The number of carbonyl (C=O) groups is 1. The average molecular weight is 577 g/mol. The normalized spacial score (nSPS) is 16.3. The number of aliphatic imine (C=N–C) groups is 1.